The molecule has 0 aliphatic carbocycles. The van der Waals surface area contributed by atoms with Crippen LogP contribution in [0.25, 0.3) is 0 Å². The molecule has 1 heterocycles. The minimum absolute atomic E-state index is 0.546. The fourth-order valence-corrected chi connectivity index (χ4v) is 2.14. The maximum atomic E-state index is 8.89. The molecular weight excluding hydrogens is 211 g/mol. The maximum absolute atomic E-state index is 8.89. The number of thiophene rings is 1. The van der Waals surface area contributed by atoms with Crippen molar-refractivity contribution in [3.63, 3.8) is 0 Å². The van der Waals surface area contributed by atoms with Gasteiger partial charge in [-0.15, -0.1) is 16.9 Å². The van der Waals surface area contributed by atoms with Crippen molar-refractivity contribution in [3.05, 3.63) is 17.0 Å². The van der Waals surface area contributed by atoms with E-state index in [1.54, 1.807) is 6.07 Å². The summed E-state index contributed by atoms with van der Waals surface area (Å²) in [6.07, 6.45) is 0. The van der Waals surface area contributed by atoms with Crippen molar-refractivity contribution in [1.82, 2.24) is 0 Å². The smallest absolute Gasteiger partial charge is 0.423 e. The van der Waals surface area contributed by atoms with Gasteiger partial charge < -0.3 is 10.0 Å². The highest BCUT2D eigenvalue weighted by Gasteiger charge is 2.13. The SMILES string of the molecule is C[Si](C)(C)C#Cc1ccc(B(O)O)s1. The minimum Gasteiger partial charge on any atom is -0.423 e. The van der Waals surface area contributed by atoms with Crippen molar-refractivity contribution in [2.24, 2.45) is 0 Å². The first kappa shape index (κ1) is 11.5. The highest BCUT2D eigenvalue weighted by molar-refractivity contribution is 7.22. The molecule has 0 amide bonds. The highest BCUT2D eigenvalue weighted by atomic mass is 32.1. The lowest BCUT2D eigenvalue weighted by atomic mass is 9.90. The van der Waals surface area contributed by atoms with Crippen LogP contribution >= 0.6 is 11.3 Å². The molecule has 0 spiro atoms. The Morgan fingerprint density at radius 1 is 1.29 bits per heavy atom. The predicted molar refractivity (Wildman–Crippen MR) is 64.4 cm³/mol. The van der Waals surface area contributed by atoms with Crippen LogP contribution in [0.3, 0.4) is 0 Å². The van der Waals surface area contributed by atoms with E-state index in [-0.39, 0.29) is 0 Å². The van der Waals surface area contributed by atoms with Gasteiger partial charge in [-0.1, -0.05) is 31.6 Å². The minimum atomic E-state index is -1.37. The second-order valence-corrected chi connectivity index (χ2v) is 9.94. The van der Waals surface area contributed by atoms with Crippen molar-refractivity contribution < 1.29 is 10.0 Å². The molecule has 1 rings (SSSR count). The third-order valence-corrected chi connectivity index (χ3v) is 3.36. The molecule has 14 heavy (non-hydrogen) atoms. The quantitative estimate of drug-likeness (QED) is 0.543. The van der Waals surface area contributed by atoms with Gasteiger partial charge in [0.05, 0.1) is 4.88 Å². The van der Waals surface area contributed by atoms with Crippen LogP contribution in [-0.4, -0.2) is 25.2 Å². The average Bonchev–Trinajstić information content (AvgIpc) is 2.47. The molecule has 0 fully saturated rings. The second-order valence-electron chi connectivity index (χ2n) is 4.08. The largest absolute Gasteiger partial charge is 0.499 e. The van der Waals surface area contributed by atoms with Crippen LogP contribution in [0.15, 0.2) is 12.1 Å². The van der Waals surface area contributed by atoms with Crippen LogP contribution in [0.5, 0.6) is 0 Å². The van der Waals surface area contributed by atoms with Crippen LogP contribution < -0.4 is 4.78 Å². The lowest BCUT2D eigenvalue weighted by molar-refractivity contribution is 0.427. The molecule has 0 aliphatic rings. The fraction of sp³-hybridized carbons (Fsp3) is 0.333. The van der Waals surface area contributed by atoms with Crippen LogP contribution in [0.2, 0.25) is 19.6 Å². The zero-order valence-electron chi connectivity index (χ0n) is 8.53. The topological polar surface area (TPSA) is 40.5 Å². The zero-order chi connectivity index (χ0) is 10.8. The summed E-state index contributed by atoms with van der Waals surface area (Å²) in [7, 11) is -2.71. The van der Waals surface area contributed by atoms with Gasteiger partial charge in [0.25, 0.3) is 0 Å². The molecular formula is C9H13BO2SSi. The summed E-state index contributed by atoms with van der Waals surface area (Å²) in [5.74, 6) is 3.07. The monoisotopic (exact) mass is 224 g/mol. The predicted octanol–water partition coefficient (Wildman–Crippen LogP) is 0.657. The van der Waals surface area contributed by atoms with Crippen molar-refractivity contribution in [2.75, 3.05) is 0 Å². The van der Waals surface area contributed by atoms with E-state index >= 15 is 0 Å². The fourth-order valence-electron chi connectivity index (χ4n) is 0.808. The van der Waals surface area contributed by atoms with Gasteiger partial charge in [0, 0.05) is 4.78 Å². The van der Waals surface area contributed by atoms with Gasteiger partial charge in [0.15, 0.2) is 0 Å². The molecule has 2 nitrogen and oxygen atoms in total. The Morgan fingerprint density at radius 3 is 2.36 bits per heavy atom. The first-order valence-corrected chi connectivity index (χ1v) is 8.69. The summed E-state index contributed by atoms with van der Waals surface area (Å²) in [4.78, 5) is 0.899. The molecule has 0 aliphatic heterocycles. The first-order valence-electron chi connectivity index (χ1n) is 4.37. The molecule has 0 aromatic carbocycles. The Labute approximate surface area is 89.8 Å². The molecule has 1 aromatic rings. The van der Waals surface area contributed by atoms with E-state index in [2.05, 4.69) is 31.1 Å². The zero-order valence-corrected chi connectivity index (χ0v) is 10.4. The molecule has 0 saturated heterocycles. The highest BCUT2D eigenvalue weighted by Crippen LogP contribution is 2.06. The van der Waals surface area contributed by atoms with Crippen LogP contribution in [0, 0.1) is 11.5 Å². The third kappa shape index (κ3) is 3.68. The van der Waals surface area contributed by atoms with Crippen molar-refractivity contribution in [2.45, 2.75) is 19.6 Å². The molecule has 2 N–H and O–H groups in total. The normalized spacial score (nSPS) is 10.6. The lowest BCUT2D eigenvalue weighted by Crippen LogP contribution is -2.26. The van der Waals surface area contributed by atoms with Gasteiger partial charge in [-0.2, -0.15) is 0 Å². The van der Waals surface area contributed by atoms with E-state index in [0.717, 1.165) is 4.88 Å². The second kappa shape index (κ2) is 4.32. The molecule has 0 bridgehead atoms. The number of rotatable bonds is 1. The first-order chi connectivity index (χ1) is 6.38. The van der Waals surface area contributed by atoms with Gasteiger partial charge in [-0.05, 0) is 6.07 Å². The van der Waals surface area contributed by atoms with Gasteiger partial charge in [0.2, 0.25) is 0 Å². The van der Waals surface area contributed by atoms with Gasteiger partial charge >= 0.3 is 7.12 Å². The Kier molecular flexibility index (Phi) is 3.56. The van der Waals surface area contributed by atoms with Crippen molar-refractivity contribution in [1.29, 1.82) is 0 Å². The molecule has 5 heteroatoms. The van der Waals surface area contributed by atoms with Crippen LogP contribution in [0.1, 0.15) is 4.88 Å². The van der Waals surface area contributed by atoms with Gasteiger partial charge in [0.1, 0.15) is 8.07 Å². The van der Waals surface area contributed by atoms with Gasteiger partial charge in [-0.3, -0.25) is 0 Å². The Bertz CT molecular complexity index is 370. The molecule has 1 aromatic heterocycles. The summed E-state index contributed by atoms with van der Waals surface area (Å²) >= 11 is 1.33. The van der Waals surface area contributed by atoms with E-state index < -0.39 is 15.2 Å². The Hall–Kier alpha value is -0.538. The molecule has 0 atom stereocenters. The van der Waals surface area contributed by atoms with E-state index in [1.165, 1.54) is 11.3 Å². The van der Waals surface area contributed by atoms with Crippen LogP contribution in [-0.2, 0) is 0 Å². The van der Waals surface area contributed by atoms with E-state index in [0.29, 0.717) is 4.78 Å². The standard InChI is InChI=1S/C9H13BO2SSi/c1-14(2,3)7-6-8-4-5-9(13-8)10(11)12/h4-5,11-12H,1-3H3. The van der Waals surface area contributed by atoms with Crippen molar-refractivity contribution in [3.8, 4) is 11.5 Å². The third-order valence-electron chi connectivity index (χ3n) is 1.44. The average molecular weight is 224 g/mol. The Morgan fingerprint density at radius 2 is 1.93 bits per heavy atom. The van der Waals surface area contributed by atoms with Crippen molar-refractivity contribution >= 4 is 31.3 Å². The summed E-state index contributed by atoms with van der Waals surface area (Å²) in [5, 5.41) is 17.8. The molecule has 0 radical (unpaired) electrons. The Balaban J connectivity index is 2.82. The van der Waals surface area contributed by atoms with E-state index in [4.69, 9.17) is 10.0 Å². The maximum Gasteiger partial charge on any atom is 0.499 e. The van der Waals surface area contributed by atoms with Gasteiger partial charge in [-0.25, -0.2) is 0 Å². The lowest BCUT2D eigenvalue weighted by Gasteiger charge is -2.02. The molecule has 0 saturated carbocycles. The summed E-state index contributed by atoms with van der Waals surface area (Å²) < 4.78 is 0.546. The van der Waals surface area contributed by atoms with Crippen LogP contribution in [0.4, 0.5) is 0 Å². The molecule has 0 unspecified atom stereocenters. The number of hydrogen-bond donors (Lipinski definition) is 2. The van der Waals surface area contributed by atoms with E-state index in [9.17, 15) is 0 Å². The number of hydrogen-bond acceptors (Lipinski definition) is 3. The summed E-state index contributed by atoms with van der Waals surface area (Å²) in [6.45, 7) is 6.53. The van der Waals surface area contributed by atoms with E-state index in [1.807, 2.05) is 6.07 Å². The molecule has 74 valence electrons. The summed E-state index contributed by atoms with van der Waals surface area (Å²) in [6, 6.07) is 3.52. The summed E-state index contributed by atoms with van der Waals surface area (Å²) in [5.41, 5.74) is 3.23.